The van der Waals surface area contributed by atoms with Crippen LogP contribution in [0.25, 0.3) is 11.1 Å². The maximum atomic E-state index is 10.7. The van der Waals surface area contributed by atoms with Gasteiger partial charge in [-0.05, 0) is 11.6 Å². The van der Waals surface area contributed by atoms with Gasteiger partial charge in [-0.2, -0.15) is 0 Å². The number of aromatic carboxylic acids is 1. The van der Waals surface area contributed by atoms with Crippen molar-refractivity contribution < 1.29 is 9.90 Å². The van der Waals surface area contributed by atoms with Gasteiger partial charge in [0.25, 0.3) is 0 Å². The summed E-state index contributed by atoms with van der Waals surface area (Å²) in [6, 6.07) is 10.8. The standard InChI is InChI=1S/C12H10N2O2/c13-10-6-11(12(15)16)14-7-9(10)8-4-2-1-3-5-8/h1-7H,(H2,13,14)(H,15,16). The number of nitrogens with zero attached hydrogens (tertiary/aromatic N) is 1. The van der Waals surface area contributed by atoms with Crippen LogP contribution >= 0.6 is 0 Å². The highest BCUT2D eigenvalue weighted by Gasteiger charge is 2.08. The van der Waals surface area contributed by atoms with E-state index in [0.29, 0.717) is 5.69 Å². The molecule has 0 atom stereocenters. The molecule has 2 aromatic rings. The SMILES string of the molecule is Nc1cc(C(=O)O)ncc1-c1ccccc1. The van der Waals surface area contributed by atoms with E-state index in [-0.39, 0.29) is 5.69 Å². The first-order valence-corrected chi connectivity index (χ1v) is 4.72. The van der Waals surface area contributed by atoms with E-state index in [0.717, 1.165) is 11.1 Å². The van der Waals surface area contributed by atoms with Crippen molar-refractivity contribution in [2.75, 3.05) is 5.73 Å². The second-order valence-corrected chi connectivity index (χ2v) is 3.33. The van der Waals surface area contributed by atoms with Crippen LogP contribution in [-0.2, 0) is 0 Å². The van der Waals surface area contributed by atoms with Gasteiger partial charge in [-0.1, -0.05) is 30.3 Å². The molecule has 0 aliphatic heterocycles. The van der Waals surface area contributed by atoms with Crippen molar-refractivity contribution in [1.29, 1.82) is 0 Å². The van der Waals surface area contributed by atoms with Crippen molar-refractivity contribution in [2.45, 2.75) is 0 Å². The molecule has 4 heteroatoms. The van der Waals surface area contributed by atoms with Crippen LogP contribution in [0.15, 0.2) is 42.6 Å². The third-order valence-corrected chi connectivity index (χ3v) is 2.24. The smallest absolute Gasteiger partial charge is 0.354 e. The summed E-state index contributed by atoms with van der Waals surface area (Å²) in [6.07, 6.45) is 1.48. The van der Waals surface area contributed by atoms with Crippen LogP contribution in [0.3, 0.4) is 0 Å². The molecule has 0 amide bonds. The van der Waals surface area contributed by atoms with E-state index in [4.69, 9.17) is 10.8 Å². The van der Waals surface area contributed by atoms with E-state index in [1.54, 1.807) is 0 Å². The third kappa shape index (κ3) is 1.86. The lowest BCUT2D eigenvalue weighted by atomic mass is 10.1. The second-order valence-electron chi connectivity index (χ2n) is 3.33. The van der Waals surface area contributed by atoms with Crippen molar-refractivity contribution in [3.63, 3.8) is 0 Å². The van der Waals surface area contributed by atoms with E-state index in [2.05, 4.69) is 4.98 Å². The zero-order valence-corrected chi connectivity index (χ0v) is 8.42. The number of benzene rings is 1. The van der Waals surface area contributed by atoms with Crippen molar-refractivity contribution in [3.05, 3.63) is 48.3 Å². The number of carboxylic acid groups (broad SMARTS) is 1. The summed E-state index contributed by atoms with van der Waals surface area (Å²) in [5.41, 5.74) is 7.82. The number of carboxylic acids is 1. The number of hydrogen-bond donors (Lipinski definition) is 2. The summed E-state index contributed by atoms with van der Waals surface area (Å²) in [6.45, 7) is 0. The van der Waals surface area contributed by atoms with Gasteiger partial charge >= 0.3 is 5.97 Å². The van der Waals surface area contributed by atoms with Gasteiger partial charge in [0.2, 0.25) is 0 Å². The minimum absolute atomic E-state index is 0.0443. The molecular weight excluding hydrogens is 204 g/mol. The molecule has 0 unspecified atom stereocenters. The number of anilines is 1. The summed E-state index contributed by atoms with van der Waals surface area (Å²) < 4.78 is 0. The fourth-order valence-corrected chi connectivity index (χ4v) is 1.45. The van der Waals surface area contributed by atoms with Gasteiger partial charge in [0.05, 0.1) is 0 Å². The molecule has 0 radical (unpaired) electrons. The van der Waals surface area contributed by atoms with Crippen LogP contribution < -0.4 is 5.73 Å². The van der Waals surface area contributed by atoms with Crippen LogP contribution in [0, 0.1) is 0 Å². The normalized spacial score (nSPS) is 10.0. The summed E-state index contributed by atoms with van der Waals surface area (Å²) in [5, 5.41) is 8.75. The molecule has 3 N–H and O–H groups in total. The largest absolute Gasteiger partial charge is 0.477 e. The van der Waals surface area contributed by atoms with E-state index in [9.17, 15) is 4.79 Å². The fourth-order valence-electron chi connectivity index (χ4n) is 1.45. The number of rotatable bonds is 2. The van der Waals surface area contributed by atoms with E-state index >= 15 is 0 Å². The first-order valence-electron chi connectivity index (χ1n) is 4.72. The average Bonchev–Trinajstić information content (AvgIpc) is 2.30. The maximum absolute atomic E-state index is 10.7. The number of aromatic nitrogens is 1. The Hall–Kier alpha value is -2.36. The van der Waals surface area contributed by atoms with Crippen LogP contribution in [0.2, 0.25) is 0 Å². The zero-order valence-electron chi connectivity index (χ0n) is 8.42. The van der Waals surface area contributed by atoms with E-state index < -0.39 is 5.97 Å². The summed E-state index contributed by atoms with van der Waals surface area (Å²) in [5.74, 6) is -1.08. The Balaban J connectivity index is 2.48. The lowest BCUT2D eigenvalue weighted by Gasteiger charge is -2.05. The molecule has 4 nitrogen and oxygen atoms in total. The van der Waals surface area contributed by atoms with Gasteiger partial charge in [0, 0.05) is 17.4 Å². The Labute approximate surface area is 92.4 Å². The molecule has 0 fully saturated rings. The van der Waals surface area contributed by atoms with Gasteiger partial charge in [0.15, 0.2) is 0 Å². The molecule has 0 aliphatic carbocycles. The lowest BCUT2D eigenvalue weighted by Crippen LogP contribution is -2.02. The summed E-state index contributed by atoms with van der Waals surface area (Å²) in [4.78, 5) is 14.5. The van der Waals surface area contributed by atoms with Gasteiger partial charge in [-0.3, -0.25) is 0 Å². The Morgan fingerprint density at radius 2 is 1.94 bits per heavy atom. The predicted molar refractivity (Wildman–Crippen MR) is 61.0 cm³/mol. The fraction of sp³-hybridized carbons (Fsp3) is 0. The zero-order chi connectivity index (χ0) is 11.5. The van der Waals surface area contributed by atoms with Crippen molar-refractivity contribution >= 4 is 11.7 Å². The molecule has 1 aromatic heterocycles. The molecule has 1 aromatic carbocycles. The Morgan fingerprint density at radius 1 is 1.25 bits per heavy atom. The highest BCUT2D eigenvalue weighted by atomic mass is 16.4. The molecule has 1 heterocycles. The molecule has 0 saturated heterocycles. The van der Waals surface area contributed by atoms with Crippen LogP contribution in [0.1, 0.15) is 10.5 Å². The molecule has 16 heavy (non-hydrogen) atoms. The minimum Gasteiger partial charge on any atom is -0.477 e. The van der Waals surface area contributed by atoms with E-state index in [1.807, 2.05) is 30.3 Å². The average molecular weight is 214 g/mol. The quantitative estimate of drug-likeness (QED) is 0.801. The monoisotopic (exact) mass is 214 g/mol. The molecule has 0 spiro atoms. The number of hydrogen-bond acceptors (Lipinski definition) is 3. The number of pyridine rings is 1. The predicted octanol–water partition coefficient (Wildman–Crippen LogP) is 2.03. The van der Waals surface area contributed by atoms with Crippen molar-refractivity contribution in [1.82, 2.24) is 4.98 Å². The summed E-state index contributed by atoms with van der Waals surface area (Å²) in [7, 11) is 0. The number of nitrogens with two attached hydrogens (primary N) is 1. The van der Waals surface area contributed by atoms with E-state index in [1.165, 1.54) is 12.3 Å². The minimum atomic E-state index is -1.08. The maximum Gasteiger partial charge on any atom is 0.354 e. The first kappa shape index (κ1) is 10.2. The molecular formula is C12H10N2O2. The van der Waals surface area contributed by atoms with Crippen molar-refractivity contribution in [2.24, 2.45) is 0 Å². The van der Waals surface area contributed by atoms with Crippen LogP contribution in [-0.4, -0.2) is 16.1 Å². The molecule has 80 valence electrons. The Morgan fingerprint density at radius 3 is 2.50 bits per heavy atom. The van der Waals surface area contributed by atoms with Crippen LogP contribution in [0.5, 0.6) is 0 Å². The molecule has 0 aliphatic rings. The topological polar surface area (TPSA) is 76.2 Å². The highest BCUT2D eigenvalue weighted by molar-refractivity contribution is 5.88. The molecule has 0 bridgehead atoms. The van der Waals surface area contributed by atoms with Gasteiger partial charge in [0.1, 0.15) is 5.69 Å². The number of nitrogen functional groups attached to an aromatic ring is 1. The first-order chi connectivity index (χ1) is 7.68. The summed E-state index contributed by atoms with van der Waals surface area (Å²) >= 11 is 0. The third-order valence-electron chi connectivity index (χ3n) is 2.24. The van der Waals surface area contributed by atoms with Crippen molar-refractivity contribution in [3.8, 4) is 11.1 Å². The van der Waals surface area contributed by atoms with Crippen LogP contribution in [0.4, 0.5) is 5.69 Å². The molecule has 2 rings (SSSR count). The second kappa shape index (κ2) is 4.02. The highest BCUT2D eigenvalue weighted by Crippen LogP contribution is 2.24. The Kier molecular flexibility index (Phi) is 2.55. The van der Waals surface area contributed by atoms with Gasteiger partial charge in [-0.25, -0.2) is 9.78 Å². The molecule has 0 saturated carbocycles. The number of carbonyl (C=O) groups is 1. The van der Waals surface area contributed by atoms with Gasteiger partial charge < -0.3 is 10.8 Å². The van der Waals surface area contributed by atoms with Gasteiger partial charge in [-0.15, -0.1) is 0 Å². The Bertz CT molecular complexity index is 524. The lowest BCUT2D eigenvalue weighted by molar-refractivity contribution is 0.0690.